The van der Waals surface area contributed by atoms with Crippen molar-refractivity contribution in [2.75, 3.05) is 0 Å². The number of para-hydroxylation sites is 1. The number of aromatic nitrogens is 1. The molecule has 1 heterocycles. The summed E-state index contributed by atoms with van der Waals surface area (Å²) in [5.74, 6) is 0.526. The van der Waals surface area contributed by atoms with Crippen molar-refractivity contribution < 1.29 is 9.13 Å². The van der Waals surface area contributed by atoms with Crippen molar-refractivity contribution in [2.45, 2.75) is 13.5 Å². The lowest BCUT2D eigenvalue weighted by atomic mass is 10.1. The van der Waals surface area contributed by atoms with E-state index in [1.54, 1.807) is 19.1 Å². The number of fused-ring (bicyclic) bond motifs is 1. The molecule has 21 heavy (non-hydrogen) atoms. The van der Waals surface area contributed by atoms with Crippen molar-refractivity contribution >= 4 is 10.9 Å². The van der Waals surface area contributed by atoms with Crippen molar-refractivity contribution in [1.82, 2.24) is 4.98 Å². The molecule has 0 fully saturated rings. The predicted molar refractivity (Wildman–Crippen MR) is 80.8 cm³/mol. The molecule has 1 aromatic heterocycles. The molecular weight excluding hydrogens is 267 g/mol. The van der Waals surface area contributed by atoms with Gasteiger partial charge in [0.15, 0.2) is 0 Å². The van der Waals surface area contributed by atoms with Gasteiger partial charge in [-0.15, -0.1) is 0 Å². The van der Waals surface area contributed by atoms with Gasteiger partial charge < -0.3 is 10.5 Å². The number of benzene rings is 2. The second-order valence-corrected chi connectivity index (χ2v) is 4.86. The fraction of sp³-hybridized carbons (Fsp3) is 0.118. The van der Waals surface area contributed by atoms with Crippen LogP contribution >= 0.6 is 0 Å². The fourth-order valence-corrected chi connectivity index (χ4v) is 2.13. The second-order valence-electron chi connectivity index (χ2n) is 4.86. The maximum atomic E-state index is 13.6. The van der Waals surface area contributed by atoms with E-state index in [4.69, 9.17) is 10.5 Å². The van der Waals surface area contributed by atoms with Crippen molar-refractivity contribution in [1.29, 1.82) is 0 Å². The Morgan fingerprint density at radius 1 is 1.14 bits per heavy atom. The SMILES string of the molecule is Cc1ccc(Oc2nc3ccccc3cc2CN)cc1F. The zero-order valence-electron chi connectivity index (χ0n) is 11.6. The molecule has 3 rings (SSSR count). The highest BCUT2D eigenvalue weighted by Crippen LogP contribution is 2.27. The number of hydrogen-bond acceptors (Lipinski definition) is 3. The van der Waals surface area contributed by atoms with Gasteiger partial charge in [-0.05, 0) is 30.7 Å². The van der Waals surface area contributed by atoms with Gasteiger partial charge in [0.05, 0.1) is 5.52 Å². The van der Waals surface area contributed by atoms with Gasteiger partial charge in [0.25, 0.3) is 0 Å². The van der Waals surface area contributed by atoms with Crippen LogP contribution in [-0.2, 0) is 6.54 Å². The number of nitrogens with zero attached hydrogens (tertiary/aromatic N) is 1. The molecule has 4 heteroatoms. The molecule has 0 radical (unpaired) electrons. The summed E-state index contributed by atoms with van der Waals surface area (Å²) in [7, 11) is 0. The molecule has 2 aromatic carbocycles. The van der Waals surface area contributed by atoms with Gasteiger partial charge in [0.2, 0.25) is 5.88 Å². The summed E-state index contributed by atoms with van der Waals surface area (Å²) >= 11 is 0. The van der Waals surface area contributed by atoms with Crippen LogP contribution in [0.3, 0.4) is 0 Å². The molecule has 0 aliphatic heterocycles. The van der Waals surface area contributed by atoms with E-state index in [2.05, 4.69) is 4.98 Å². The van der Waals surface area contributed by atoms with Crippen LogP contribution in [-0.4, -0.2) is 4.98 Å². The summed E-state index contributed by atoms with van der Waals surface area (Å²) in [5.41, 5.74) is 7.94. The third-order valence-corrected chi connectivity index (χ3v) is 3.34. The molecule has 0 saturated heterocycles. The van der Waals surface area contributed by atoms with Crippen LogP contribution in [0.15, 0.2) is 48.5 Å². The highest BCUT2D eigenvalue weighted by atomic mass is 19.1. The van der Waals surface area contributed by atoms with Crippen molar-refractivity contribution in [3.63, 3.8) is 0 Å². The van der Waals surface area contributed by atoms with Crippen LogP contribution in [0, 0.1) is 12.7 Å². The molecule has 0 spiro atoms. The van der Waals surface area contributed by atoms with Crippen LogP contribution in [0.25, 0.3) is 10.9 Å². The molecule has 3 nitrogen and oxygen atoms in total. The van der Waals surface area contributed by atoms with Crippen molar-refractivity contribution in [3.8, 4) is 11.6 Å². The molecule has 0 saturated carbocycles. The molecule has 2 N–H and O–H groups in total. The van der Waals surface area contributed by atoms with Crippen LogP contribution < -0.4 is 10.5 Å². The summed E-state index contributed by atoms with van der Waals surface area (Å²) in [6, 6.07) is 14.4. The molecule has 0 bridgehead atoms. The van der Waals surface area contributed by atoms with Crippen molar-refractivity contribution in [2.24, 2.45) is 5.73 Å². The van der Waals surface area contributed by atoms with Crippen LogP contribution in [0.4, 0.5) is 4.39 Å². The third kappa shape index (κ3) is 2.71. The number of pyridine rings is 1. The monoisotopic (exact) mass is 282 g/mol. The standard InChI is InChI=1S/C17H15FN2O/c1-11-6-7-14(9-15(11)18)21-17-13(10-19)8-12-4-2-3-5-16(12)20-17/h2-9H,10,19H2,1H3. The first-order chi connectivity index (χ1) is 10.2. The van der Waals surface area contributed by atoms with Crippen molar-refractivity contribution in [3.05, 3.63) is 65.5 Å². The number of ether oxygens (including phenoxy) is 1. The van der Waals surface area contributed by atoms with Crippen LogP contribution in [0.1, 0.15) is 11.1 Å². The summed E-state index contributed by atoms with van der Waals surface area (Å²) in [4.78, 5) is 4.47. The maximum absolute atomic E-state index is 13.6. The average Bonchev–Trinajstić information content (AvgIpc) is 2.50. The normalized spacial score (nSPS) is 10.8. The topological polar surface area (TPSA) is 48.1 Å². The smallest absolute Gasteiger partial charge is 0.224 e. The summed E-state index contributed by atoms with van der Waals surface area (Å²) in [5, 5.41) is 1.00. The Kier molecular flexibility index (Phi) is 3.54. The first-order valence-corrected chi connectivity index (χ1v) is 6.70. The van der Waals surface area contributed by atoms with Crippen LogP contribution in [0.2, 0.25) is 0 Å². The minimum absolute atomic E-state index is 0.303. The molecular formula is C17H15FN2O. The Bertz CT molecular complexity index is 802. The maximum Gasteiger partial charge on any atom is 0.224 e. The zero-order chi connectivity index (χ0) is 14.8. The Balaban J connectivity index is 2.04. The van der Waals surface area contributed by atoms with E-state index in [1.165, 1.54) is 6.07 Å². The lowest BCUT2D eigenvalue weighted by Gasteiger charge is -2.11. The number of rotatable bonds is 3. The summed E-state index contributed by atoms with van der Waals surface area (Å²) in [6.45, 7) is 2.01. The quantitative estimate of drug-likeness (QED) is 0.791. The van der Waals surface area contributed by atoms with E-state index in [0.29, 0.717) is 23.7 Å². The second kappa shape index (κ2) is 5.50. The molecule has 0 aliphatic rings. The minimum atomic E-state index is -0.303. The molecule has 3 aromatic rings. The van der Waals surface area contributed by atoms with E-state index in [0.717, 1.165) is 16.5 Å². The van der Waals surface area contributed by atoms with E-state index < -0.39 is 0 Å². The van der Waals surface area contributed by atoms with Gasteiger partial charge in [-0.25, -0.2) is 9.37 Å². The van der Waals surface area contributed by atoms with Crippen LogP contribution in [0.5, 0.6) is 11.6 Å². The first kappa shape index (κ1) is 13.5. The third-order valence-electron chi connectivity index (χ3n) is 3.34. The van der Waals surface area contributed by atoms with Gasteiger partial charge in [0.1, 0.15) is 11.6 Å². The number of nitrogens with two attached hydrogens (primary N) is 1. The molecule has 0 atom stereocenters. The molecule has 0 unspecified atom stereocenters. The summed E-state index contributed by atoms with van der Waals surface area (Å²) < 4.78 is 19.3. The van der Waals surface area contributed by atoms with Gasteiger partial charge in [0, 0.05) is 23.6 Å². The number of halogens is 1. The van der Waals surface area contributed by atoms with Gasteiger partial charge >= 0.3 is 0 Å². The average molecular weight is 282 g/mol. The van der Waals surface area contributed by atoms with Gasteiger partial charge in [-0.1, -0.05) is 24.3 Å². The molecule has 0 amide bonds. The van der Waals surface area contributed by atoms with E-state index in [1.807, 2.05) is 30.3 Å². The Morgan fingerprint density at radius 3 is 2.71 bits per heavy atom. The number of hydrogen-bond donors (Lipinski definition) is 1. The van der Waals surface area contributed by atoms with Gasteiger partial charge in [-0.3, -0.25) is 0 Å². The van der Waals surface area contributed by atoms with E-state index >= 15 is 0 Å². The zero-order valence-corrected chi connectivity index (χ0v) is 11.6. The Morgan fingerprint density at radius 2 is 1.95 bits per heavy atom. The molecule has 106 valence electrons. The minimum Gasteiger partial charge on any atom is -0.439 e. The Hall–Kier alpha value is -2.46. The lowest BCUT2D eigenvalue weighted by Crippen LogP contribution is -2.02. The summed E-state index contributed by atoms with van der Waals surface area (Å²) in [6.07, 6.45) is 0. The van der Waals surface area contributed by atoms with E-state index in [9.17, 15) is 4.39 Å². The Labute approximate surface area is 122 Å². The largest absolute Gasteiger partial charge is 0.439 e. The highest BCUT2D eigenvalue weighted by molar-refractivity contribution is 5.80. The predicted octanol–water partition coefficient (Wildman–Crippen LogP) is 3.93. The van der Waals surface area contributed by atoms with E-state index in [-0.39, 0.29) is 5.82 Å². The lowest BCUT2D eigenvalue weighted by molar-refractivity contribution is 0.453. The molecule has 0 aliphatic carbocycles. The first-order valence-electron chi connectivity index (χ1n) is 6.70. The number of aryl methyl sites for hydroxylation is 1. The van der Waals surface area contributed by atoms with Gasteiger partial charge in [-0.2, -0.15) is 0 Å². The highest BCUT2D eigenvalue weighted by Gasteiger charge is 2.09. The fourth-order valence-electron chi connectivity index (χ4n) is 2.13.